The SMILES string of the molecule is COc1ccc(-c2cc(=O)c3c(O)cc(OCC(=O)N(C)C)cc3o2)cc1OC1CC2CCC1C2. The summed E-state index contributed by atoms with van der Waals surface area (Å²) in [5.41, 5.74) is 0.420. The van der Waals surface area contributed by atoms with Crippen LogP contribution in [0.4, 0.5) is 0 Å². The summed E-state index contributed by atoms with van der Waals surface area (Å²) in [6.45, 7) is -0.204. The van der Waals surface area contributed by atoms with Gasteiger partial charge in [0.1, 0.15) is 34.3 Å². The molecule has 1 N–H and O–H groups in total. The number of phenolic OH excluding ortho intramolecular Hbond substituents is 1. The Bertz CT molecular complexity index is 1330. The first-order chi connectivity index (χ1) is 16.8. The van der Waals surface area contributed by atoms with E-state index in [1.165, 1.54) is 42.4 Å². The molecule has 8 heteroatoms. The molecule has 1 heterocycles. The number of ether oxygens (including phenoxy) is 3. The van der Waals surface area contributed by atoms with Crippen LogP contribution in [0.1, 0.15) is 25.7 Å². The fraction of sp³-hybridized carbons (Fsp3) is 0.407. The molecule has 0 saturated heterocycles. The molecular formula is C27H29NO7. The Morgan fingerprint density at radius 1 is 1.11 bits per heavy atom. The number of carbonyl (C=O) groups excluding carboxylic acids is 1. The van der Waals surface area contributed by atoms with Crippen LogP contribution in [0.3, 0.4) is 0 Å². The molecule has 2 saturated carbocycles. The van der Waals surface area contributed by atoms with Gasteiger partial charge >= 0.3 is 0 Å². The third-order valence-electron chi connectivity index (χ3n) is 7.04. The van der Waals surface area contributed by atoms with Gasteiger partial charge in [0, 0.05) is 37.9 Å². The second-order valence-electron chi connectivity index (χ2n) is 9.56. The molecule has 184 valence electrons. The highest BCUT2D eigenvalue weighted by atomic mass is 16.5. The van der Waals surface area contributed by atoms with E-state index in [0.717, 1.165) is 12.3 Å². The normalized spacial score (nSPS) is 20.7. The summed E-state index contributed by atoms with van der Waals surface area (Å²) in [4.78, 5) is 26.1. The van der Waals surface area contributed by atoms with Crippen LogP contribution in [-0.2, 0) is 4.79 Å². The maximum atomic E-state index is 12.9. The quantitative estimate of drug-likeness (QED) is 0.542. The molecule has 0 spiro atoms. The first-order valence-electron chi connectivity index (χ1n) is 11.8. The van der Waals surface area contributed by atoms with Crippen LogP contribution in [0.2, 0.25) is 0 Å². The lowest BCUT2D eigenvalue weighted by Crippen LogP contribution is -2.27. The molecule has 2 aromatic carbocycles. The van der Waals surface area contributed by atoms with Gasteiger partial charge in [-0.2, -0.15) is 0 Å². The van der Waals surface area contributed by atoms with Crippen molar-refractivity contribution in [2.24, 2.45) is 11.8 Å². The molecule has 2 aliphatic carbocycles. The van der Waals surface area contributed by atoms with Crippen LogP contribution < -0.4 is 19.6 Å². The third kappa shape index (κ3) is 4.52. The first kappa shape index (κ1) is 23.1. The molecule has 2 aliphatic rings. The zero-order chi connectivity index (χ0) is 24.7. The smallest absolute Gasteiger partial charge is 0.259 e. The molecule has 35 heavy (non-hydrogen) atoms. The number of likely N-dealkylation sites (N-methyl/N-ethyl adjacent to an activating group) is 1. The van der Waals surface area contributed by atoms with Crippen LogP contribution in [0.15, 0.2) is 45.6 Å². The maximum Gasteiger partial charge on any atom is 0.259 e. The number of nitrogens with zero attached hydrogens (tertiary/aromatic N) is 1. The Kier molecular flexibility index (Phi) is 6.05. The largest absolute Gasteiger partial charge is 0.507 e. The maximum absolute atomic E-state index is 12.9. The fourth-order valence-corrected chi connectivity index (χ4v) is 5.16. The monoisotopic (exact) mass is 479 g/mol. The minimum Gasteiger partial charge on any atom is -0.507 e. The second-order valence-corrected chi connectivity index (χ2v) is 9.56. The number of hydrogen-bond acceptors (Lipinski definition) is 7. The predicted molar refractivity (Wildman–Crippen MR) is 130 cm³/mol. The average molecular weight is 480 g/mol. The van der Waals surface area contributed by atoms with Gasteiger partial charge in [0.15, 0.2) is 23.5 Å². The zero-order valence-electron chi connectivity index (χ0n) is 20.1. The van der Waals surface area contributed by atoms with E-state index in [4.69, 9.17) is 18.6 Å². The Hall–Kier alpha value is -3.68. The van der Waals surface area contributed by atoms with E-state index in [1.807, 2.05) is 6.07 Å². The van der Waals surface area contributed by atoms with Gasteiger partial charge in [-0.1, -0.05) is 0 Å². The van der Waals surface area contributed by atoms with E-state index in [1.54, 1.807) is 33.3 Å². The van der Waals surface area contributed by atoms with Crippen molar-refractivity contribution in [1.29, 1.82) is 0 Å². The van der Waals surface area contributed by atoms with E-state index in [9.17, 15) is 14.7 Å². The van der Waals surface area contributed by atoms with Crippen molar-refractivity contribution in [2.75, 3.05) is 27.8 Å². The number of amides is 1. The van der Waals surface area contributed by atoms with E-state index < -0.39 is 0 Å². The Labute approximate surface area is 203 Å². The number of phenols is 1. The van der Waals surface area contributed by atoms with Gasteiger partial charge in [-0.05, 0) is 55.7 Å². The van der Waals surface area contributed by atoms with Crippen LogP contribution in [0, 0.1) is 11.8 Å². The lowest BCUT2D eigenvalue weighted by molar-refractivity contribution is -0.130. The summed E-state index contributed by atoms with van der Waals surface area (Å²) in [5, 5.41) is 10.5. The predicted octanol–water partition coefficient (Wildman–Crippen LogP) is 4.21. The van der Waals surface area contributed by atoms with Crippen molar-refractivity contribution in [3.8, 4) is 34.3 Å². The molecule has 1 amide bonds. The third-order valence-corrected chi connectivity index (χ3v) is 7.04. The minimum atomic E-state index is -0.388. The molecule has 5 rings (SSSR count). The minimum absolute atomic E-state index is 0.0482. The summed E-state index contributed by atoms with van der Waals surface area (Å²) in [6.07, 6.45) is 4.93. The molecule has 3 unspecified atom stereocenters. The molecular weight excluding hydrogens is 450 g/mol. The highest BCUT2D eigenvalue weighted by Gasteiger charge is 2.41. The number of methoxy groups -OCH3 is 1. The molecule has 1 aromatic heterocycles. The van der Waals surface area contributed by atoms with E-state index in [-0.39, 0.29) is 46.5 Å². The molecule has 3 aromatic rings. The topological polar surface area (TPSA) is 98.4 Å². The van der Waals surface area contributed by atoms with Crippen LogP contribution >= 0.6 is 0 Å². The number of carbonyl (C=O) groups is 1. The Morgan fingerprint density at radius 2 is 1.94 bits per heavy atom. The zero-order valence-corrected chi connectivity index (χ0v) is 20.1. The molecule has 2 fully saturated rings. The lowest BCUT2D eigenvalue weighted by atomic mass is 9.97. The highest BCUT2D eigenvalue weighted by molar-refractivity contribution is 5.86. The first-order valence-corrected chi connectivity index (χ1v) is 11.8. The Balaban J connectivity index is 1.47. The molecule has 2 bridgehead atoms. The van der Waals surface area contributed by atoms with Gasteiger partial charge in [0.2, 0.25) is 0 Å². The van der Waals surface area contributed by atoms with Gasteiger partial charge in [-0.15, -0.1) is 0 Å². The summed E-state index contributed by atoms with van der Waals surface area (Å²) < 4.78 is 23.4. The van der Waals surface area contributed by atoms with Gasteiger partial charge in [-0.25, -0.2) is 0 Å². The highest BCUT2D eigenvalue weighted by Crippen LogP contribution is 2.47. The summed E-state index contributed by atoms with van der Waals surface area (Å²) in [5.74, 6) is 2.60. The number of hydrogen-bond donors (Lipinski definition) is 1. The number of rotatable bonds is 7. The van der Waals surface area contributed by atoms with Crippen LogP contribution in [0.5, 0.6) is 23.0 Å². The van der Waals surface area contributed by atoms with E-state index in [0.29, 0.717) is 28.7 Å². The van der Waals surface area contributed by atoms with Gasteiger partial charge in [-0.3, -0.25) is 9.59 Å². The Morgan fingerprint density at radius 3 is 2.63 bits per heavy atom. The molecule has 0 aliphatic heterocycles. The van der Waals surface area contributed by atoms with Crippen molar-refractivity contribution in [3.05, 3.63) is 46.6 Å². The van der Waals surface area contributed by atoms with Gasteiger partial charge in [0.05, 0.1) is 7.11 Å². The molecule has 0 radical (unpaired) electrons. The van der Waals surface area contributed by atoms with E-state index in [2.05, 4.69) is 0 Å². The standard InChI is InChI=1S/C27H29NO7/c1-28(2)26(31)14-33-18-11-19(29)27-20(30)13-23(35-25(27)12-18)17-6-7-21(32-3)24(10-17)34-22-9-15-4-5-16(22)8-15/h6-7,10-13,15-16,22,29H,4-5,8-9,14H2,1-3H3. The van der Waals surface area contributed by atoms with Crippen molar-refractivity contribution >= 4 is 16.9 Å². The summed E-state index contributed by atoms with van der Waals surface area (Å²) in [7, 11) is 4.85. The fourth-order valence-electron chi connectivity index (χ4n) is 5.16. The second kappa shape index (κ2) is 9.17. The average Bonchev–Trinajstić information content (AvgIpc) is 3.45. The van der Waals surface area contributed by atoms with Gasteiger partial charge < -0.3 is 28.6 Å². The van der Waals surface area contributed by atoms with Crippen molar-refractivity contribution < 1.29 is 28.5 Å². The lowest BCUT2D eigenvalue weighted by Gasteiger charge is -2.24. The molecule has 8 nitrogen and oxygen atoms in total. The van der Waals surface area contributed by atoms with Crippen molar-refractivity contribution in [1.82, 2.24) is 4.90 Å². The van der Waals surface area contributed by atoms with E-state index >= 15 is 0 Å². The molecule has 3 atom stereocenters. The number of benzene rings is 2. The number of fused-ring (bicyclic) bond motifs is 3. The summed E-state index contributed by atoms with van der Waals surface area (Å²) in [6, 6.07) is 9.57. The summed E-state index contributed by atoms with van der Waals surface area (Å²) >= 11 is 0. The number of aromatic hydroxyl groups is 1. The van der Waals surface area contributed by atoms with Crippen LogP contribution in [0.25, 0.3) is 22.3 Å². The van der Waals surface area contributed by atoms with Crippen LogP contribution in [-0.4, -0.2) is 49.8 Å². The van der Waals surface area contributed by atoms with Crippen molar-refractivity contribution in [2.45, 2.75) is 31.8 Å². The van der Waals surface area contributed by atoms with Gasteiger partial charge in [0.25, 0.3) is 5.91 Å². The van der Waals surface area contributed by atoms with Crippen molar-refractivity contribution in [3.63, 3.8) is 0 Å².